The molecule has 2 atom stereocenters. The van der Waals surface area contributed by atoms with Crippen LogP contribution in [0.1, 0.15) is 31.7 Å². The molecule has 1 aromatic carbocycles. The average molecular weight is 247 g/mol. The van der Waals surface area contributed by atoms with E-state index in [1.165, 1.54) is 19.4 Å². The van der Waals surface area contributed by atoms with Crippen LogP contribution in [0.25, 0.3) is 0 Å². The van der Waals surface area contributed by atoms with Gasteiger partial charge in [0.15, 0.2) is 0 Å². The number of carboxylic acids is 1. The normalized spacial score (nSPS) is 22.3. The highest BCUT2D eigenvalue weighted by atomic mass is 16.4. The van der Waals surface area contributed by atoms with Gasteiger partial charge >= 0.3 is 5.97 Å². The molecule has 0 aliphatic heterocycles. The van der Waals surface area contributed by atoms with Crippen molar-refractivity contribution in [1.82, 2.24) is 5.32 Å². The Morgan fingerprint density at radius 1 is 1.28 bits per heavy atom. The lowest BCUT2D eigenvalue weighted by Crippen LogP contribution is -2.43. The first-order chi connectivity index (χ1) is 8.43. The van der Waals surface area contributed by atoms with E-state index in [2.05, 4.69) is 5.32 Å². The maximum absolute atomic E-state index is 11.8. The van der Waals surface area contributed by atoms with Gasteiger partial charge in [-0.05, 0) is 25.8 Å². The lowest BCUT2D eigenvalue weighted by atomic mass is 9.92. The average Bonchev–Trinajstić information content (AvgIpc) is 3.09. The molecule has 1 fully saturated rings. The third kappa shape index (κ3) is 2.37. The zero-order valence-corrected chi connectivity index (χ0v) is 10.5. The van der Waals surface area contributed by atoms with Gasteiger partial charge < -0.3 is 10.4 Å². The van der Waals surface area contributed by atoms with Crippen molar-refractivity contribution in [2.75, 3.05) is 0 Å². The summed E-state index contributed by atoms with van der Waals surface area (Å²) < 4.78 is 0. The summed E-state index contributed by atoms with van der Waals surface area (Å²) >= 11 is 0. The summed E-state index contributed by atoms with van der Waals surface area (Å²) in [7, 11) is 0. The summed E-state index contributed by atoms with van der Waals surface area (Å²) in [6.45, 7) is 2.84. The second kappa shape index (κ2) is 4.44. The second-order valence-electron chi connectivity index (χ2n) is 5.26. The molecule has 2 rings (SSSR count). The van der Waals surface area contributed by atoms with Gasteiger partial charge in [-0.15, -0.1) is 0 Å². The highest BCUT2D eigenvalue weighted by Crippen LogP contribution is 2.41. The highest BCUT2D eigenvalue weighted by molar-refractivity contribution is 6.01. The van der Waals surface area contributed by atoms with Crippen LogP contribution in [0.15, 0.2) is 30.3 Å². The first-order valence-electron chi connectivity index (χ1n) is 6.02. The summed E-state index contributed by atoms with van der Waals surface area (Å²) in [4.78, 5) is 22.8. The van der Waals surface area contributed by atoms with Crippen molar-refractivity contribution in [2.45, 2.75) is 32.2 Å². The molecule has 0 heterocycles. The van der Waals surface area contributed by atoms with Gasteiger partial charge in [-0.3, -0.25) is 9.59 Å². The summed E-state index contributed by atoms with van der Waals surface area (Å²) in [5.74, 6) is -1.20. The third-order valence-corrected chi connectivity index (χ3v) is 3.44. The molecule has 4 heteroatoms. The highest BCUT2D eigenvalue weighted by Gasteiger charge is 2.44. The number of benzene rings is 1. The predicted octanol–water partition coefficient (Wildman–Crippen LogP) is 1.77. The van der Waals surface area contributed by atoms with E-state index in [4.69, 9.17) is 5.11 Å². The van der Waals surface area contributed by atoms with E-state index in [1.807, 2.05) is 30.3 Å². The SMILES string of the molecule is CC(C)(C(=O)O)C(=O)NC1CC1c1ccccc1. The number of rotatable bonds is 4. The van der Waals surface area contributed by atoms with Crippen LogP contribution in [-0.2, 0) is 9.59 Å². The molecular weight excluding hydrogens is 230 g/mol. The van der Waals surface area contributed by atoms with Crippen molar-refractivity contribution in [3.8, 4) is 0 Å². The van der Waals surface area contributed by atoms with Gasteiger partial charge in [0.05, 0.1) is 0 Å². The van der Waals surface area contributed by atoms with Crippen molar-refractivity contribution in [3.05, 3.63) is 35.9 Å². The van der Waals surface area contributed by atoms with Crippen molar-refractivity contribution in [3.63, 3.8) is 0 Å². The summed E-state index contributed by atoms with van der Waals surface area (Å²) in [5.41, 5.74) is -0.181. The van der Waals surface area contributed by atoms with Gasteiger partial charge in [-0.2, -0.15) is 0 Å². The first-order valence-corrected chi connectivity index (χ1v) is 6.02. The Morgan fingerprint density at radius 3 is 2.44 bits per heavy atom. The van der Waals surface area contributed by atoms with Crippen LogP contribution in [0.5, 0.6) is 0 Å². The van der Waals surface area contributed by atoms with Gasteiger partial charge in [-0.25, -0.2) is 0 Å². The number of aliphatic carboxylic acids is 1. The van der Waals surface area contributed by atoms with Crippen molar-refractivity contribution in [2.24, 2.45) is 5.41 Å². The molecule has 1 saturated carbocycles. The van der Waals surface area contributed by atoms with Gasteiger partial charge in [0.1, 0.15) is 5.41 Å². The van der Waals surface area contributed by atoms with E-state index in [1.54, 1.807) is 0 Å². The Bertz CT molecular complexity index is 467. The summed E-state index contributed by atoms with van der Waals surface area (Å²) in [6, 6.07) is 10.0. The molecule has 1 aliphatic carbocycles. The van der Waals surface area contributed by atoms with Gasteiger partial charge in [0, 0.05) is 12.0 Å². The Hall–Kier alpha value is -1.84. The molecule has 1 amide bonds. The summed E-state index contributed by atoms with van der Waals surface area (Å²) in [6.07, 6.45) is 0.880. The van der Waals surface area contributed by atoms with Gasteiger partial charge in [0.2, 0.25) is 5.91 Å². The molecule has 0 saturated heterocycles. The van der Waals surface area contributed by atoms with Crippen LogP contribution < -0.4 is 5.32 Å². The Balaban J connectivity index is 1.95. The maximum atomic E-state index is 11.8. The monoisotopic (exact) mass is 247 g/mol. The number of hydrogen-bond donors (Lipinski definition) is 2. The first kappa shape index (κ1) is 12.6. The summed E-state index contributed by atoms with van der Waals surface area (Å²) in [5, 5.41) is 11.8. The molecule has 4 nitrogen and oxygen atoms in total. The molecule has 2 N–H and O–H groups in total. The quantitative estimate of drug-likeness (QED) is 0.797. The maximum Gasteiger partial charge on any atom is 0.318 e. The van der Waals surface area contributed by atoms with Gasteiger partial charge in [-0.1, -0.05) is 30.3 Å². The molecule has 1 aromatic rings. The number of hydrogen-bond acceptors (Lipinski definition) is 2. The standard InChI is InChI=1S/C14H17NO3/c1-14(2,13(17)18)12(16)15-11-8-10(11)9-6-4-3-5-7-9/h3-7,10-11H,8H2,1-2H3,(H,15,16)(H,17,18). The fraction of sp³-hybridized carbons (Fsp3) is 0.429. The van der Waals surface area contributed by atoms with Crippen LogP contribution in [-0.4, -0.2) is 23.0 Å². The lowest BCUT2D eigenvalue weighted by Gasteiger charge is -2.18. The Morgan fingerprint density at radius 2 is 1.89 bits per heavy atom. The number of carboxylic acid groups (broad SMARTS) is 1. The minimum Gasteiger partial charge on any atom is -0.480 e. The Labute approximate surface area is 106 Å². The van der Waals surface area contributed by atoms with Crippen molar-refractivity contribution >= 4 is 11.9 Å². The minimum absolute atomic E-state index is 0.0681. The van der Waals surface area contributed by atoms with Crippen LogP contribution in [0.3, 0.4) is 0 Å². The van der Waals surface area contributed by atoms with Crippen LogP contribution >= 0.6 is 0 Å². The van der Waals surface area contributed by atoms with Crippen molar-refractivity contribution < 1.29 is 14.7 Å². The molecular formula is C14H17NO3. The molecule has 0 aromatic heterocycles. The second-order valence-corrected chi connectivity index (χ2v) is 5.26. The van der Waals surface area contributed by atoms with E-state index >= 15 is 0 Å². The number of carbonyl (C=O) groups excluding carboxylic acids is 1. The number of nitrogens with one attached hydrogen (secondary N) is 1. The van der Waals surface area contributed by atoms with Crippen LogP contribution in [0, 0.1) is 5.41 Å². The number of carbonyl (C=O) groups is 2. The van der Waals surface area contributed by atoms with Crippen LogP contribution in [0.4, 0.5) is 0 Å². The smallest absolute Gasteiger partial charge is 0.318 e. The molecule has 96 valence electrons. The Kier molecular flexibility index (Phi) is 3.11. The molecule has 0 radical (unpaired) electrons. The van der Waals surface area contributed by atoms with E-state index < -0.39 is 17.3 Å². The van der Waals surface area contributed by atoms with Crippen LogP contribution in [0.2, 0.25) is 0 Å². The van der Waals surface area contributed by atoms with E-state index in [9.17, 15) is 9.59 Å². The predicted molar refractivity (Wildman–Crippen MR) is 67.1 cm³/mol. The van der Waals surface area contributed by atoms with Gasteiger partial charge in [0.25, 0.3) is 0 Å². The topological polar surface area (TPSA) is 66.4 Å². The largest absolute Gasteiger partial charge is 0.480 e. The fourth-order valence-electron chi connectivity index (χ4n) is 1.87. The van der Waals surface area contributed by atoms with E-state index in [0.717, 1.165) is 6.42 Å². The molecule has 0 spiro atoms. The van der Waals surface area contributed by atoms with E-state index in [-0.39, 0.29) is 6.04 Å². The minimum atomic E-state index is -1.37. The molecule has 0 bridgehead atoms. The molecule has 1 aliphatic rings. The molecule has 2 unspecified atom stereocenters. The van der Waals surface area contributed by atoms with Crippen molar-refractivity contribution in [1.29, 1.82) is 0 Å². The van der Waals surface area contributed by atoms with E-state index in [0.29, 0.717) is 5.92 Å². The zero-order chi connectivity index (χ0) is 13.3. The zero-order valence-electron chi connectivity index (χ0n) is 10.5. The lowest BCUT2D eigenvalue weighted by molar-refractivity contribution is -0.153. The third-order valence-electron chi connectivity index (χ3n) is 3.44. The fourth-order valence-corrected chi connectivity index (χ4v) is 1.87. The number of amides is 1. The molecule has 18 heavy (non-hydrogen) atoms.